The largest absolute Gasteiger partial charge is 0.382 e. The van der Waals surface area contributed by atoms with Crippen molar-refractivity contribution in [2.24, 2.45) is 0 Å². The van der Waals surface area contributed by atoms with E-state index in [1.807, 2.05) is 6.26 Å². The lowest BCUT2D eigenvalue weighted by Crippen LogP contribution is -2.27. The number of thioether (sulfide) groups is 1. The average molecular weight is 275 g/mol. The van der Waals surface area contributed by atoms with Crippen LogP contribution >= 0.6 is 23.3 Å². The highest BCUT2D eigenvalue weighted by molar-refractivity contribution is 7.99. The number of rotatable bonds is 4. The molecular formula is C10H17N3O2S2. The Hall–Kier alpha value is -0.500. The molecule has 2 heterocycles. The zero-order valence-electron chi connectivity index (χ0n) is 10.2. The summed E-state index contributed by atoms with van der Waals surface area (Å²) in [5.74, 6) is 0.618. The molecule has 2 N–H and O–H groups in total. The van der Waals surface area contributed by atoms with E-state index in [1.54, 1.807) is 26.0 Å². The first-order chi connectivity index (χ1) is 8.21. The summed E-state index contributed by atoms with van der Waals surface area (Å²) in [6.07, 6.45) is 2.23. The van der Waals surface area contributed by atoms with Crippen LogP contribution in [0.15, 0.2) is 4.90 Å². The maximum absolute atomic E-state index is 5.84. The van der Waals surface area contributed by atoms with Gasteiger partial charge in [0.2, 0.25) is 0 Å². The second kappa shape index (κ2) is 5.43. The van der Waals surface area contributed by atoms with Gasteiger partial charge in [0, 0.05) is 27.3 Å². The number of nitrogens with zero attached hydrogens (tertiary/aromatic N) is 2. The standard InChI is InChI=1S/C10H17N3O2S2/c1-14-6-4-13(5-7(6)15-2)10-8(16-3)9(11)12-17-10/h6-7H,4-5H2,1-3H3,(H2,11,12). The van der Waals surface area contributed by atoms with Crippen molar-refractivity contribution in [1.29, 1.82) is 0 Å². The van der Waals surface area contributed by atoms with Crippen LogP contribution in [0.25, 0.3) is 0 Å². The smallest absolute Gasteiger partial charge is 0.153 e. The fraction of sp³-hybridized carbons (Fsp3) is 0.700. The van der Waals surface area contributed by atoms with Crippen LogP contribution in [0.3, 0.4) is 0 Å². The van der Waals surface area contributed by atoms with E-state index in [0.717, 1.165) is 23.0 Å². The molecule has 2 unspecified atom stereocenters. The van der Waals surface area contributed by atoms with Crippen molar-refractivity contribution in [2.45, 2.75) is 17.1 Å². The van der Waals surface area contributed by atoms with Crippen LogP contribution in [-0.4, -0.2) is 50.1 Å². The number of aromatic nitrogens is 1. The number of nitrogen functional groups attached to an aromatic ring is 1. The highest BCUT2D eigenvalue weighted by atomic mass is 32.2. The number of nitrogens with two attached hydrogens (primary N) is 1. The lowest BCUT2D eigenvalue weighted by Gasteiger charge is -2.16. The van der Waals surface area contributed by atoms with Crippen molar-refractivity contribution in [2.75, 3.05) is 44.2 Å². The molecule has 1 aliphatic rings. The van der Waals surface area contributed by atoms with Crippen LogP contribution in [-0.2, 0) is 9.47 Å². The molecular weight excluding hydrogens is 258 g/mol. The van der Waals surface area contributed by atoms with E-state index >= 15 is 0 Å². The van der Waals surface area contributed by atoms with Gasteiger partial charge < -0.3 is 20.1 Å². The highest BCUT2D eigenvalue weighted by Crippen LogP contribution is 2.39. The van der Waals surface area contributed by atoms with Gasteiger partial charge in [0.1, 0.15) is 17.2 Å². The molecule has 0 radical (unpaired) electrons. The van der Waals surface area contributed by atoms with Gasteiger partial charge in [-0.2, -0.15) is 4.37 Å². The van der Waals surface area contributed by atoms with Gasteiger partial charge in [-0.25, -0.2) is 0 Å². The number of hydrogen-bond donors (Lipinski definition) is 1. The Morgan fingerprint density at radius 2 is 1.94 bits per heavy atom. The molecule has 1 aromatic heterocycles. The molecule has 0 bridgehead atoms. The van der Waals surface area contributed by atoms with Gasteiger partial charge in [-0.1, -0.05) is 0 Å². The van der Waals surface area contributed by atoms with Crippen molar-refractivity contribution < 1.29 is 9.47 Å². The summed E-state index contributed by atoms with van der Waals surface area (Å²) in [6.45, 7) is 1.65. The first-order valence-electron chi connectivity index (χ1n) is 5.31. The third kappa shape index (κ3) is 2.37. The number of anilines is 2. The van der Waals surface area contributed by atoms with Crippen molar-refractivity contribution in [3.8, 4) is 0 Å². The lowest BCUT2D eigenvalue weighted by atomic mass is 10.3. The average Bonchev–Trinajstić information content (AvgIpc) is 2.91. The van der Waals surface area contributed by atoms with Gasteiger partial charge in [0.05, 0.1) is 4.90 Å². The summed E-state index contributed by atoms with van der Waals surface area (Å²) in [7, 11) is 3.44. The van der Waals surface area contributed by atoms with Gasteiger partial charge in [-0.15, -0.1) is 11.8 Å². The Kier molecular flexibility index (Phi) is 4.13. The van der Waals surface area contributed by atoms with Gasteiger partial charge in [0.15, 0.2) is 5.82 Å². The molecule has 1 aromatic rings. The topological polar surface area (TPSA) is 60.6 Å². The second-order valence-electron chi connectivity index (χ2n) is 3.86. The Bertz CT molecular complexity index is 374. The molecule has 1 fully saturated rings. The van der Waals surface area contributed by atoms with E-state index in [0.29, 0.717) is 5.82 Å². The lowest BCUT2D eigenvalue weighted by molar-refractivity contribution is -0.00461. The maximum Gasteiger partial charge on any atom is 0.153 e. The van der Waals surface area contributed by atoms with E-state index in [-0.39, 0.29) is 12.2 Å². The molecule has 0 saturated carbocycles. The second-order valence-corrected chi connectivity index (χ2v) is 5.43. The van der Waals surface area contributed by atoms with Crippen LogP contribution in [0.2, 0.25) is 0 Å². The number of ether oxygens (including phenoxy) is 2. The van der Waals surface area contributed by atoms with Gasteiger partial charge in [-0.05, 0) is 17.8 Å². The molecule has 1 aliphatic heterocycles. The monoisotopic (exact) mass is 275 g/mol. The minimum atomic E-state index is 0.109. The van der Waals surface area contributed by atoms with Gasteiger partial charge in [0.25, 0.3) is 0 Å². The maximum atomic E-state index is 5.84. The SMILES string of the molecule is COC1CN(c2snc(N)c2SC)CC1OC. The van der Waals surface area contributed by atoms with E-state index in [4.69, 9.17) is 15.2 Å². The van der Waals surface area contributed by atoms with Crippen LogP contribution in [0.4, 0.5) is 10.8 Å². The van der Waals surface area contributed by atoms with Crippen LogP contribution in [0.1, 0.15) is 0 Å². The minimum Gasteiger partial charge on any atom is -0.382 e. The van der Waals surface area contributed by atoms with E-state index < -0.39 is 0 Å². The molecule has 2 rings (SSSR count). The van der Waals surface area contributed by atoms with Gasteiger partial charge in [-0.3, -0.25) is 0 Å². The number of methoxy groups -OCH3 is 2. The Balaban J connectivity index is 2.18. The molecule has 17 heavy (non-hydrogen) atoms. The van der Waals surface area contributed by atoms with Crippen molar-refractivity contribution in [3.05, 3.63) is 0 Å². The molecule has 7 heteroatoms. The summed E-state index contributed by atoms with van der Waals surface area (Å²) in [5, 5.41) is 1.12. The quantitative estimate of drug-likeness (QED) is 0.836. The molecule has 2 atom stereocenters. The summed E-state index contributed by atoms with van der Waals surface area (Å²) in [6, 6.07) is 0. The molecule has 0 spiro atoms. The van der Waals surface area contributed by atoms with E-state index in [9.17, 15) is 0 Å². The molecule has 0 amide bonds. The molecule has 0 aromatic carbocycles. The van der Waals surface area contributed by atoms with Crippen LogP contribution in [0.5, 0.6) is 0 Å². The summed E-state index contributed by atoms with van der Waals surface area (Å²) in [4.78, 5) is 3.30. The summed E-state index contributed by atoms with van der Waals surface area (Å²) < 4.78 is 15.1. The molecule has 0 aliphatic carbocycles. The Morgan fingerprint density at radius 1 is 1.35 bits per heavy atom. The van der Waals surface area contributed by atoms with Crippen LogP contribution in [0, 0.1) is 0 Å². The summed E-state index contributed by atoms with van der Waals surface area (Å²) >= 11 is 3.07. The normalized spacial score (nSPS) is 24.5. The molecule has 1 saturated heterocycles. The minimum absolute atomic E-state index is 0.109. The fourth-order valence-corrected chi connectivity index (χ4v) is 3.75. The predicted octanol–water partition coefficient (Wildman–Crippen LogP) is 1.30. The fourth-order valence-electron chi connectivity index (χ4n) is 2.04. The number of hydrogen-bond acceptors (Lipinski definition) is 7. The Labute approximate surface area is 109 Å². The zero-order valence-corrected chi connectivity index (χ0v) is 11.8. The Morgan fingerprint density at radius 3 is 2.41 bits per heavy atom. The molecule has 5 nitrogen and oxygen atoms in total. The molecule has 96 valence electrons. The first kappa shape index (κ1) is 12.9. The van der Waals surface area contributed by atoms with Crippen molar-refractivity contribution in [1.82, 2.24) is 4.37 Å². The highest BCUT2D eigenvalue weighted by Gasteiger charge is 2.35. The van der Waals surface area contributed by atoms with E-state index in [2.05, 4.69) is 9.27 Å². The van der Waals surface area contributed by atoms with Gasteiger partial charge >= 0.3 is 0 Å². The summed E-state index contributed by atoms with van der Waals surface area (Å²) in [5.41, 5.74) is 5.84. The van der Waals surface area contributed by atoms with E-state index in [1.165, 1.54) is 11.5 Å². The third-order valence-corrected chi connectivity index (χ3v) is 4.83. The third-order valence-electron chi connectivity index (χ3n) is 2.97. The zero-order chi connectivity index (χ0) is 12.4. The predicted molar refractivity (Wildman–Crippen MR) is 72.1 cm³/mol. The first-order valence-corrected chi connectivity index (χ1v) is 7.30. The van der Waals surface area contributed by atoms with Crippen LogP contribution < -0.4 is 10.6 Å². The van der Waals surface area contributed by atoms with Crippen molar-refractivity contribution >= 4 is 34.1 Å². The van der Waals surface area contributed by atoms with Crippen molar-refractivity contribution in [3.63, 3.8) is 0 Å².